The Kier molecular flexibility index (Phi) is 4.92. The molecule has 4 heterocycles. The van der Waals surface area contributed by atoms with E-state index in [1.807, 2.05) is 23.7 Å². The molecule has 158 valence electrons. The second-order valence-electron chi connectivity index (χ2n) is 7.18. The molecule has 1 fully saturated rings. The van der Waals surface area contributed by atoms with Crippen molar-refractivity contribution in [3.63, 3.8) is 0 Å². The van der Waals surface area contributed by atoms with Gasteiger partial charge in [0.25, 0.3) is 15.9 Å². The zero-order chi connectivity index (χ0) is 20.9. The summed E-state index contributed by atoms with van der Waals surface area (Å²) in [4.78, 5) is 17.8. The zero-order valence-electron chi connectivity index (χ0n) is 16.1. The van der Waals surface area contributed by atoms with E-state index in [0.29, 0.717) is 46.4 Å². The van der Waals surface area contributed by atoms with E-state index in [2.05, 4.69) is 4.99 Å². The Labute approximate surface area is 181 Å². The third-order valence-electron chi connectivity index (χ3n) is 5.40. The smallest absolute Gasteiger partial charge is 0.252 e. The van der Waals surface area contributed by atoms with Gasteiger partial charge in [-0.05, 0) is 24.3 Å². The molecule has 2 aliphatic rings. The number of carbonyl (C=O) groups excluding carboxylic acids is 1. The summed E-state index contributed by atoms with van der Waals surface area (Å²) in [5, 5.41) is 1.75. The molecule has 30 heavy (non-hydrogen) atoms. The SMILES string of the molecule is Cn1c(=NC(=O)C2CCN(S(=O)(=O)c3cccs3)CC2)sc2cc3c(cc21)OCO3. The highest BCUT2D eigenvalue weighted by Gasteiger charge is 2.32. The fraction of sp³-hybridized carbons (Fsp3) is 0.368. The van der Waals surface area contributed by atoms with Crippen molar-refractivity contribution >= 4 is 48.8 Å². The fourth-order valence-electron chi connectivity index (χ4n) is 3.69. The zero-order valence-corrected chi connectivity index (χ0v) is 18.6. The number of thiazole rings is 1. The molecule has 1 saturated heterocycles. The number of nitrogens with zero attached hydrogens (tertiary/aromatic N) is 3. The second kappa shape index (κ2) is 7.49. The van der Waals surface area contributed by atoms with Crippen LogP contribution in [0.2, 0.25) is 0 Å². The number of aryl methyl sites for hydroxylation is 1. The Morgan fingerprint density at radius 3 is 2.63 bits per heavy atom. The van der Waals surface area contributed by atoms with Gasteiger partial charge in [-0.15, -0.1) is 11.3 Å². The number of benzene rings is 1. The van der Waals surface area contributed by atoms with Crippen LogP contribution in [0.3, 0.4) is 0 Å². The van der Waals surface area contributed by atoms with E-state index < -0.39 is 10.0 Å². The average Bonchev–Trinajstić information content (AvgIpc) is 3.48. The molecular formula is C19H19N3O5S3. The van der Waals surface area contributed by atoms with E-state index in [9.17, 15) is 13.2 Å². The Morgan fingerprint density at radius 1 is 1.20 bits per heavy atom. The minimum atomic E-state index is -3.47. The van der Waals surface area contributed by atoms with Crippen LogP contribution in [-0.2, 0) is 21.9 Å². The van der Waals surface area contributed by atoms with Crippen LogP contribution in [0, 0.1) is 5.92 Å². The highest BCUT2D eigenvalue weighted by Crippen LogP contribution is 2.36. The normalized spacial score (nSPS) is 18.4. The summed E-state index contributed by atoms with van der Waals surface area (Å²) >= 11 is 2.63. The average molecular weight is 466 g/mol. The molecule has 0 radical (unpaired) electrons. The lowest BCUT2D eigenvalue weighted by molar-refractivity contribution is -0.122. The molecule has 2 aromatic heterocycles. The maximum absolute atomic E-state index is 12.8. The van der Waals surface area contributed by atoms with E-state index in [4.69, 9.17) is 9.47 Å². The first-order valence-corrected chi connectivity index (χ1v) is 12.6. The number of sulfonamides is 1. The van der Waals surface area contributed by atoms with E-state index in [1.165, 1.54) is 27.0 Å². The van der Waals surface area contributed by atoms with Crippen molar-refractivity contribution in [2.24, 2.45) is 18.0 Å². The Bertz CT molecular complexity index is 1280. The highest BCUT2D eigenvalue weighted by atomic mass is 32.2. The number of thiophene rings is 1. The van der Waals surface area contributed by atoms with Crippen molar-refractivity contribution in [2.75, 3.05) is 19.9 Å². The lowest BCUT2D eigenvalue weighted by atomic mass is 9.98. The van der Waals surface area contributed by atoms with Crippen LogP contribution in [-0.4, -0.2) is 43.1 Å². The van der Waals surface area contributed by atoms with Crippen molar-refractivity contribution in [1.29, 1.82) is 0 Å². The summed E-state index contributed by atoms with van der Waals surface area (Å²) < 4.78 is 40.8. The van der Waals surface area contributed by atoms with E-state index in [-0.39, 0.29) is 18.6 Å². The lowest BCUT2D eigenvalue weighted by Crippen LogP contribution is -2.40. The van der Waals surface area contributed by atoms with Gasteiger partial charge in [-0.2, -0.15) is 9.30 Å². The standard InChI is InChI=1S/C19H19N3O5S3/c1-21-13-9-14-15(27-11-26-14)10-16(13)29-19(21)20-18(23)12-4-6-22(7-5-12)30(24,25)17-3-2-8-28-17/h2-3,8-10,12H,4-7,11H2,1H3. The van der Waals surface area contributed by atoms with E-state index in [0.717, 1.165) is 10.2 Å². The molecule has 2 aliphatic heterocycles. The van der Waals surface area contributed by atoms with Gasteiger partial charge < -0.3 is 14.0 Å². The number of piperidine rings is 1. The minimum absolute atomic E-state index is 0.203. The van der Waals surface area contributed by atoms with Crippen molar-refractivity contribution < 1.29 is 22.7 Å². The maximum atomic E-state index is 12.8. The summed E-state index contributed by atoms with van der Waals surface area (Å²) in [5.74, 6) is 0.904. The van der Waals surface area contributed by atoms with Gasteiger partial charge in [0.05, 0.1) is 10.2 Å². The molecule has 1 aromatic carbocycles. The highest BCUT2D eigenvalue weighted by molar-refractivity contribution is 7.91. The van der Waals surface area contributed by atoms with Gasteiger partial charge in [0.2, 0.25) is 6.79 Å². The largest absolute Gasteiger partial charge is 0.454 e. The molecule has 5 rings (SSSR count). The third kappa shape index (κ3) is 3.35. The molecule has 11 heteroatoms. The number of aromatic nitrogens is 1. The monoisotopic (exact) mass is 465 g/mol. The second-order valence-corrected chi connectivity index (χ2v) is 11.3. The molecule has 8 nitrogen and oxygen atoms in total. The number of rotatable bonds is 3. The van der Waals surface area contributed by atoms with Crippen LogP contribution < -0.4 is 14.3 Å². The Balaban J connectivity index is 1.34. The molecule has 0 N–H and O–H groups in total. The van der Waals surface area contributed by atoms with Gasteiger partial charge in [0.1, 0.15) is 4.21 Å². The molecule has 0 atom stereocenters. The van der Waals surface area contributed by atoms with Crippen molar-refractivity contribution in [1.82, 2.24) is 8.87 Å². The number of ether oxygens (including phenoxy) is 2. The van der Waals surface area contributed by atoms with Crippen molar-refractivity contribution in [2.45, 2.75) is 17.1 Å². The van der Waals surface area contributed by atoms with Gasteiger partial charge in [0, 0.05) is 38.2 Å². The van der Waals surface area contributed by atoms with Crippen LogP contribution in [0.1, 0.15) is 12.8 Å². The Morgan fingerprint density at radius 2 is 1.93 bits per heavy atom. The van der Waals surface area contributed by atoms with Gasteiger partial charge in [-0.3, -0.25) is 4.79 Å². The molecule has 0 saturated carbocycles. The molecule has 0 aliphatic carbocycles. The number of amides is 1. The quantitative estimate of drug-likeness (QED) is 0.593. The van der Waals surface area contributed by atoms with Gasteiger partial charge in [-0.25, -0.2) is 8.42 Å². The van der Waals surface area contributed by atoms with Gasteiger partial charge in [-0.1, -0.05) is 17.4 Å². The topological polar surface area (TPSA) is 90.2 Å². The van der Waals surface area contributed by atoms with Gasteiger partial charge >= 0.3 is 0 Å². The third-order valence-corrected chi connectivity index (χ3v) is 9.77. The molecule has 0 spiro atoms. The Hall–Kier alpha value is -2.21. The summed E-state index contributed by atoms with van der Waals surface area (Å²) in [5.41, 5.74) is 0.924. The van der Waals surface area contributed by atoms with Gasteiger partial charge in [0.15, 0.2) is 16.3 Å². The first kappa shape index (κ1) is 19.7. The summed E-state index contributed by atoms with van der Waals surface area (Å²) in [6.07, 6.45) is 0.940. The number of carbonyl (C=O) groups is 1. The van der Waals surface area contributed by atoms with Crippen LogP contribution in [0.4, 0.5) is 0 Å². The van der Waals surface area contributed by atoms with Crippen molar-refractivity contribution in [3.05, 3.63) is 34.4 Å². The maximum Gasteiger partial charge on any atom is 0.252 e. The predicted octanol–water partition coefficient (Wildman–Crippen LogP) is 2.56. The first-order chi connectivity index (χ1) is 14.4. The summed E-state index contributed by atoms with van der Waals surface area (Å²) in [6, 6.07) is 7.13. The molecule has 0 bridgehead atoms. The summed E-state index contributed by atoms with van der Waals surface area (Å²) in [6.45, 7) is 0.866. The van der Waals surface area contributed by atoms with Crippen LogP contribution in [0.25, 0.3) is 10.2 Å². The lowest BCUT2D eigenvalue weighted by Gasteiger charge is -2.29. The van der Waals surface area contributed by atoms with Crippen LogP contribution in [0.15, 0.2) is 38.8 Å². The molecule has 1 amide bonds. The number of hydrogen-bond acceptors (Lipinski definition) is 7. The molecular weight excluding hydrogens is 446 g/mol. The predicted molar refractivity (Wildman–Crippen MR) is 113 cm³/mol. The summed E-state index contributed by atoms with van der Waals surface area (Å²) in [7, 11) is -1.61. The molecule has 0 unspecified atom stereocenters. The molecule has 3 aromatic rings. The van der Waals surface area contributed by atoms with E-state index >= 15 is 0 Å². The number of fused-ring (bicyclic) bond motifs is 2. The minimum Gasteiger partial charge on any atom is -0.454 e. The van der Waals surface area contributed by atoms with E-state index in [1.54, 1.807) is 17.5 Å². The van der Waals surface area contributed by atoms with Crippen molar-refractivity contribution in [3.8, 4) is 11.5 Å². The number of hydrogen-bond donors (Lipinski definition) is 0. The van der Waals surface area contributed by atoms with Crippen LogP contribution in [0.5, 0.6) is 11.5 Å². The van der Waals surface area contributed by atoms with Crippen LogP contribution >= 0.6 is 22.7 Å². The fourth-order valence-corrected chi connectivity index (χ4v) is 7.34. The first-order valence-electron chi connectivity index (χ1n) is 9.45.